The summed E-state index contributed by atoms with van der Waals surface area (Å²) >= 11 is 0. The summed E-state index contributed by atoms with van der Waals surface area (Å²) in [7, 11) is 0. The second-order valence-corrected chi connectivity index (χ2v) is 4.52. The molecule has 0 aliphatic carbocycles. The SMILES string of the molecule is Cc1ccc2ccnc(NC(CC(=O)O)C(=O)O)c2c1. The average molecular weight is 274 g/mol. The molecule has 20 heavy (non-hydrogen) atoms. The van der Waals surface area contributed by atoms with E-state index in [9.17, 15) is 9.59 Å². The van der Waals surface area contributed by atoms with Crippen LogP contribution in [0.5, 0.6) is 0 Å². The van der Waals surface area contributed by atoms with Crippen LogP contribution in [0.25, 0.3) is 10.8 Å². The number of carboxylic acid groups (broad SMARTS) is 2. The summed E-state index contributed by atoms with van der Waals surface area (Å²) in [6.07, 6.45) is 1.04. The minimum atomic E-state index is -1.22. The fraction of sp³-hybridized carbons (Fsp3) is 0.214. The Bertz CT molecular complexity index is 669. The number of fused-ring (bicyclic) bond motifs is 1. The summed E-state index contributed by atoms with van der Waals surface area (Å²) < 4.78 is 0. The summed E-state index contributed by atoms with van der Waals surface area (Å²) in [6, 6.07) is 6.32. The first-order valence-corrected chi connectivity index (χ1v) is 6.04. The van der Waals surface area contributed by atoms with Crippen LogP contribution in [0.3, 0.4) is 0 Å². The monoisotopic (exact) mass is 274 g/mol. The van der Waals surface area contributed by atoms with Crippen molar-refractivity contribution < 1.29 is 19.8 Å². The molecule has 104 valence electrons. The normalized spacial score (nSPS) is 12.1. The summed E-state index contributed by atoms with van der Waals surface area (Å²) in [5, 5.41) is 22.2. The fourth-order valence-corrected chi connectivity index (χ4v) is 1.94. The first-order valence-electron chi connectivity index (χ1n) is 6.04. The minimum Gasteiger partial charge on any atom is -0.481 e. The molecule has 0 bridgehead atoms. The topological polar surface area (TPSA) is 99.5 Å². The largest absolute Gasteiger partial charge is 0.481 e. The van der Waals surface area contributed by atoms with E-state index < -0.39 is 24.4 Å². The molecule has 6 nitrogen and oxygen atoms in total. The summed E-state index contributed by atoms with van der Waals surface area (Å²) in [5.74, 6) is -2.03. The molecule has 2 aromatic rings. The number of aryl methyl sites for hydroxylation is 1. The Morgan fingerprint density at radius 2 is 2.05 bits per heavy atom. The zero-order valence-corrected chi connectivity index (χ0v) is 10.8. The molecule has 6 heteroatoms. The number of anilines is 1. The van der Waals surface area contributed by atoms with E-state index in [-0.39, 0.29) is 0 Å². The first-order chi connectivity index (χ1) is 9.47. The van der Waals surface area contributed by atoms with Gasteiger partial charge in [-0.2, -0.15) is 0 Å². The molecule has 1 heterocycles. The van der Waals surface area contributed by atoms with Crippen LogP contribution >= 0.6 is 0 Å². The second-order valence-electron chi connectivity index (χ2n) is 4.52. The predicted molar refractivity (Wildman–Crippen MR) is 73.8 cm³/mol. The lowest BCUT2D eigenvalue weighted by molar-refractivity contribution is -0.144. The Morgan fingerprint density at radius 1 is 1.30 bits per heavy atom. The van der Waals surface area contributed by atoms with Crippen LogP contribution in [0.15, 0.2) is 30.5 Å². The van der Waals surface area contributed by atoms with Crippen molar-refractivity contribution in [1.82, 2.24) is 4.98 Å². The number of aromatic nitrogens is 1. The Labute approximate surface area is 115 Å². The molecule has 3 N–H and O–H groups in total. The van der Waals surface area contributed by atoms with Crippen LogP contribution in [-0.4, -0.2) is 33.2 Å². The zero-order chi connectivity index (χ0) is 14.7. The van der Waals surface area contributed by atoms with E-state index in [2.05, 4.69) is 10.3 Å². The summed E-state index contributed by atoms with van der Waals surface area (Å²) in [5.41, 5.74) is 1.01. The van der Waals surface area contributed by atoms with Crippen molar-refractivity contribution in [2.75, 3.05) is 5.32 Å². The highest BCUT2D eigenvalue weighted by Crippen LogP contribution is 2.23. The Morgan fingerprint density at radius 3 is 2.70 bits per heavy atom. The third-order valence-corrected chi connectivity index (χ3v) is 2.91. The Balaban J connectivity index is 2.39. The smallest absolute Gasteiger partial charge is 0.326 e. The molecule has 0 aliphatic rings. The maximum atomic E-state index is 11.1. The van der Waals surface area contributed by atoms with E-state index in [4.69, 9.17) is 10.2 Å². The molecule has 1 aromatic carbocycles. The van der Waals surface area contributed by atoms with E-state index in [1.807, 2.05) is 31.2 Å². The average Bonchev–Trinajstić information content (AvgIpc) is 2.38. The lowest BCUT2D eigenvalue weighted by Crippen LogP contribution is -2.32. The highest BCUT2D eigenvalue weighted by Gasteiger charge is 2.21. The number of hydrogen-bond acceptors (Lipinski definition) is 4. The molecule has 1 aromatic heterocycles. The number of nitrogens with one attached hydrogen (secondary N) is 1. The van der Waals surface area contributed by atoms with E-state index >= 15 is 0 Å². The van der Waals surface area contributed by atoms with E-state index in [0.29, 0.717) is 5.82 Å². The number of benzene rings is 1. The molecule has 0 aliphatic heterocycles. The van der Waals surface area contributed by atoms with Crippen LogP contribution in [0.2, 0.25) is 0 Å². The standard InChI is InChI=1S/C14H14N2O4/c1-8-2-3-9-4-5-15-13(10(9)6-8)16-11(14(19)20)7-12(17)18/h2-6,11H,7H2,1H3,(H,15,16)(H,17,18)(H,19,20). The molecular weight excluding hydrogens is 260 g/mol. The van der Waals surface area contributed by atoms with Gasteiger partial charge in [-0.25, -0.2) is 9.78 Å². The quantitative estimate of drug-likeness (QED) is 0.769. The van der Waals surface area contributed by atoms with Gasteiger partial charge in [0.15, 0.2) is 0 Å². The number of carboxylic acids is 2. The summed E-state index contributed by atoms with van der Waals surface area (Å²) in [6.45, 7) is 1.92. The van der Waals surface area contributed by atoms with Gasteiger partial charge in [-0.15, -0.1) is 0 Å². The predicted octanol–water partition coefficient (Wildman–Crippen LogP) is 1.88. The van der Waals surface area contributed by atoms with Gasteiger partial charge in [0.2, 0.25) is 0 Å². The molecule has 1 atom stereocenters. The summed E-state index contributed by atoms with van der Waals surface area (Å²) in [4.78, 5) is 25.9. The third-order valence-electron chi connectivity index (χ3n) is 2.91. The van der Waals surface area contributed by atoms with E-state index in [1.54, 1.807) is 6.20 Å². The van der Waals surface area contributed by atoms with E-state index in [0.717, 1.165) is 16.3 Å². The molecule has 1 unspecified atom stereocenters. The van der Waals surface area contributed by atoms with Crippen molar-refractivity contribution in [1.29, 1.82) is 0 Å². The highest BCUT2D eigenvalue weighted by molar-refractivity contribution is 5.94. The first kappa shape index (κ1) is 13.8. The molecule has 0 amide bonds. The molecule has 0 saturated heterocycles. The van der Waals surface area contributed by atoms with Gasteiger partial charge in [-0.1, -0.05) is 17.7 Å². The maximum absolute atomic E-state index is 11.1. The van der Waals surface area contributed by atoms with Crippen LogP contribution in [0, 0.1) is 6.92 Å². The van der Waals surface area contributed by atoms with Gasteiger partial charge in [0.05, 0.1) is 6.42 Å². The number of carbonyl (C=O) groups is 2. The molecule has 0 saturated carbocycles. The Hall–Kier alpha value is -2.63. The van der Waals surface area contributed by atoms with Gasteiger partial charge in [0, 0.05) is 11.6 Å². The lowest BCUT2D eigenvalue weighted by Gasteiger charge is -2.14. The minimum absolute atomic E-state index is 0.375. The number of nitrogens with zero attached hydrogens (tertiary/aromatic N) is 1. The van der Waals surface area contributed by atoms with Gasteiger partial charge in [0.1, 0.15) is 11.9 Å². The van der Waals surface area contributed by atoms with Crippen molar-refractivity contribution in [3.8, 4) is 0 Å². The van der Waals surface area contributed by atoms with Crippen molar-refractivity contribution in [2.45, 2.75) is 19.4 Å². The number of aliphatic carboxylic acids is 2. The van der Waals surface area contributed by atoms with Gasteiger partial charge in [-0.05, 0) is 24.4 Å². The number of pyridine rings is 1. The molecule has 0 fully saturated rings. The van der Waals surface area contributed by atoms with E-state index in [1.165, 1.54) is 0 Å². The highest BCUT2D eigenvalue weighted by atomic mass is 16.4. The van der Waals surface area contributed by atoms with Crippen molar-refractivity contribution in [3.63, 3.8) is 0 Å². The van der Waals surface area contributed by atoms with Crippen LogP contribution < -0.4 is 5.32 Å². The number of hydrogen-bond donors (Lipinski definition) is 3. The van der Waals surface area contributed by atoms with Crippen molar-refractivity contribution in [3.05, 3.63) is 36.0 Å². The molecular formula is C14H14N2O4. The molecule has 0 radical (unpaired) electrons. The van der Waals surface area contributed by atoms with Crippen LogP contribution in [0.1, 0.15) is 12.0 Å². The van der Waals surface area contributed by atoms with Crippen molar-refractivity contribution >= 4 is 28.5 Å². The van der Waals surface area contributed by atoms with Gasteiger partial charge < -0.3 is 15.5 Å². The lowest BCUT2D eigenvalue weighted by atomic mass is 10.1. The van der Waals surface area contributed by atoms with Crippen LogP contribution in [-0.2, 0) is 9.59 Å². The van der Waals surface area contributed by atoms with Gasteiger partial charge in [0.25, 0.3) is 0 Å². The zero-order valence-electron chi connectivity index (χ0n) is 10.8. The molecule has 0 spiro atoms. The third kappa shape index (κ3) is 3.03. The Kier molecular flexibility index (Phi) is 3.84. The van der Waals surface area contributed by atoms with Crippen molar-refractivity contribution in [2.24, 2.45) is 0 Å². The molecule has 2 rings (SSSR count). The van der Waals surface area contributed by atoms with Gasteiger partial charge >= 0.3 is 11.9 Å². The van der Waals surface area contributed by atoms with Gasteiger partial charge in [-0.3, -0.25) is 4.79 Å². The fourth-order valence-electron chi connectivity index (χ4n) is 1.94. The number of rotatable bonds is 5. The second kappa shape index (κ2) is 5.56. The van der Waals surface area contributed by atoms with Crippen LogP contribution in [0.4, 0.5) is 5.82 Å². The maximum Gasteiger partial charge on any atom is 0.326 e.